The van der Waals surface area contributed by atoms with Crippen LogP contribution in [0.15, 0.2) is 42.6 Å². The lowest BCUT2D eigenvalue weighted by atomic mass is 9.49. The van der Waals surface area contributed by atoms with Gasteiger partial charge in [0.15, 0.2) is 0 Å². The number of benzene rings is 1. The largest absolute Gasteiger partial charge is 0.273 e. The number of nitrogens with one attached hydrogen (secondary N) is 2. The molecule has 1 aromatic carbocycles. The minimum absolute atomic E-state index is 0.0690. The Balaban J connectivity index is 1.17. The van der Waals surface area contributed by atoms with E-state index in [-0.39, 0.29) is 17.2 Å². The number of hydrazine groups is 1. The Bertz CT molecular complexity index is 940. The molecule has 1 aromatic heterocycles. The van der Waals surface area contributed by atoms with Gasteiger partial charge in [-0.15, -0.1) is 0 Å². The molecule has 0 radical (unpaired) electrons. The molecule has 0 unspecified atom stereocenters. The van der Waals surface area contributed by atoms with Gasteiger partial charge in [-0.1, -0.05) is 24.3 Å². The molecule has 2 aromatic rings. The van der Waals surface area contributed by atoms with E-state index in [0.29, 0.717) is 6.42 Å². The van der Waals surface area contributed by atoms with Gasteiger partial charge in [-0.05, 0) is 73.8 Å². The Morgan fingerprint density at radius 3 is 2.41 bits per heavy atom. The maximum absolute atomic E-state index is 12.5. The molecule has 1 heterocycles. The third kappa shape index (κ3) is 3.78. The highest BCUT2D eigenvalue weighted by Crippen LogP contribution is 2.61. The van der Waals surface area contributed by atoms with Crippen LogP contribution in [0.25, 0.3) is 17.0 Å². The fourth-order valence-corrected chi connectivity index (χ4v) is 6.49. The second kappa shape index (κ2) is 7.29. The van der Waals surface area contributed by atoms with Gasteiger partial charge in [-0.25, -0.2) is 0 Å². The molecule has 0 saturated heterocycles. The van der Waals surface area contributed by atoms with Crippen LogP contribution in [-0.2, 0) is 9.59 Å². The summed E-state index contributed by atoms with van der Waals surface area (Å²) in [6.07, 6.45) is 13.1. The molecular weight excluding hydrogens is 362 g/mol. The Kier molecular flexibility index (Phi) is 4.61. The quantitative estimate of drug-likeness (QED) is 0.613. The first-order valence-corrected chi connectivity index (χ1v) is 10.7. The first kappa shape index (κ1) is 18.3. The summed E-state index contributed by atoms with van der Waals surface area (Å²) >= 11 is 0. The molecular formula is C24H27N3O2. The Labute approximate surface area is 170 Å². The van der Waals surface area contributed by atoms with Crippen molar-refractivity contribution in [1.29, 1.82) is 0 Å². The predicted octanol–water partition coefficient (Wildman–Crippen LogP) is 4.00. The molecule has 4 saturated carbocycles. The average molecular weight is 389 g/mol. The highest BCUT2D eigenvalue weighted by molar-refractivity contribution is 5.96. The first-order chi connectivity index (χ1) is 14.1. The fourth-order valence-electron chi connectivity index (χ4n) is 6.49. The summed E-state index contributed by atoms with van der Waals surface area (Å²) in [5, 5.41) is 1.03. The van der Waals surface area contributed by atoms with Crippen LogP contribution in [0.3, 0.4) is 0 Å². The summed E-state index contributed by atoms with van der Waals surface area (Å²) in [5.41, 5.74) is 7.06. The van der Waals surface area contributed by atoms with E-state index in [1.807, 2.05) is 30.3 Å². The van der Waals surface area contributed by atoms with Crippen LogP contribution in [0, 0.1) is 23.2 Å². The van der Waals surface area contributed by atoms with Crippen LogP contribution in [0.4, 0.5) is 0 Å². The zero-order valence-electron chi connectivity index (χ0n) is 16.6. The number of hydrogen-bond acceptors (Lipinski definition) is 3. The maximum Gasteiger partial charge on any atom is 0.262 e. The van der Waals surface area contributed by atoms with Crippen LogP contribution in [0.5, 0.6) is 0 Å². The second-order valence-corrected chi connectivity index (χ2v) is 9.39. The Hall–Kier alpha value is -2.69. The Morgan fingerprint density at radius 2 is 1.69 bits per heavy atom. The van der Waals surface area contributed by atoms with Gasteiger partial charge in [-0.3, -0.25) is 25.4 Å². The van der Waals surface area contributed by atoms with Gasteiger partial charge in [-0.2, -0.15) is 0 Å². The van der Waals surface area contributed by atoms with Gasteiger partial charge in [0.1, 0.15) is 0 Å². The van der Waals surface area contributed by atoms with Crippen LogP contribution < -0.4 is 10.9 Å². The zero-order chi connectivity index (χ0) is 19.8. The molecule has 0 atom stereocenters. The lowest BCUT2D eigenvalue weighted by molar-refractivity contribution is -0.133. The SMILES string of the molecule is O=C(/C=C/c1cccc2cccnc12)NNC(=O)CC12CC3CC(CC(C3)C1)C2. The first-order valence-electron chi connectivity index (χ1n) is 10.7. The highest BCUT2D eigenvalue weighted by atomic mass is 16.2. The summed E-state index contributed by atoms with van der Waals surface area (Å²) in [4.78, 5) is 29.1. The minimum Gasteiger partial charge on any atom is -0.273 e. The van der Waals surface area contributed by atoms with Gasteiger partial charge in [0.05, 0.1) is 5.52 Å². The van der Waals surface area contributed by atoms with Crippen molar-refractivity contribution >= 4 is 28.8 Å². The topological polar surface area (TPSA) is 71.1 Å². The molecule has 29 heavy (non-hydrogen) atoms. The van der Waals surface area contributed by atoms with Crippen molar-refractivity contribution < 1.29 is 9.59 Å². The summed E-state index contributed by atoms with van der Waals surface area (Å²) in [6.45, 7) is 0. The van der Waals surface area contributed by atoms with Crippen molar-refractivity contribution in [2.75, 3.05) is 0 Å². The maximum atomic E-state index is 12.5. The third-order valence-electron chi connectivity index (χ3n) is 7.10. The lowest BCUT2D eigenvalue weighted by Gasteiger charge is -2.56. The van der Waals surface area contributed by atoms with Crippen molar-refractivity contribution in [3.63, 3.8) is 0 Å². The van der Waals surface area contributed by atoms with Crippen molar-refractivity contribution in [3.05, 3.63) is 48.2 Å². The lowest BCUT2D eigenvalue weighted by Crippen LogP contribution is -2.49. The van der Waals surface area contributed by atoms with E-state index in [2.05, 4.69) is 15.8 Å². The van der Waals surface area contributed by atoms with Crippen LogP contribution in [0.2, 0.25) is 0 Å². The van der Waals surface area contributed by atoms with E-state index in [9.17, 15) is 9.59 Å². The van der Waals surface area contributed by atoms with Gasteiger partial charge in [0.25, 0.3) is 5.91 Å². The third-order valence-corrected chi connectivity index (χ3v) is 7.10. The minimum atomic E-state index is -0.336. The predicted molar refractivity (Wildman–Crippen MR) is 112 cm³/mol. The summed E-state index contributed by atoms with van der Waals surface area (Å²) < 4.78 is 0. The highest BCUT2D eigenvalue weighted by Gasteiger charge is 2.51. The molecule has 5 heteroatoms. The van der Waals surface area contributed by atoms with Gasteiger partial charge >= 0.3 is 0 Å². The number of rotatable bonds is 4. The normalized spacial score (nSPS) is 30.0. The molecule has 4 fully saturated rings. The number of carbonyl (C=O) groups is 2. The van der Waals surface area contributed by atoms with E-state index in [4.69, 9.17) is 0 Å². The van der Waals surface area contributed by atoms with Gasteiger partial charge in [0.2, 0.25) is 5.91 Å². The number of aromatic nitrogens is 1. The average Bonchev–Trinajstić information content (AvgIpc) is 2.69. The number of para-hydroxylation sites is 1. The number of carbonyl (C=O) groups excluding carboxylic acids is 2. The number of nitrogens with zero attached hydrogens (tertiary/aromatic N) is 1. The van der Waals surface area contributed by atoms with E-state index in [0.717, 1.165) is 34.2 Å². The summed E-state index contributed by atoms with van der Waals surface area (Å²) in [5.74, 6) is 2.06. The van der Waals surface area contributed by atoms with E-state index in [1.54, 1.807) is 12.3 Å². The molecule has 150 valence electrons. The van der Waals surface area contributed by atoms with E-state index < -0.39 is 0 Å². The van der Waals surface area contributed by atoms with Gasteiger partial charge < -0.3 is 0 Å². The van der Waals surface area contributed by atoms with Crippen molar-refractivity contribution in [3.8, 4) is 0 Å². The summed E-state index contributed by atoms with van der Waals surface area (Å²) in [7, 11) is 0. The fraction of sp³-hybridized carbons (Fsp3) is 0.458. The van der Waals surface area contributed by atoms with Crippen molar-refractivity contribution in [2.45, 2.75) is 44.9 Å². The molecule has 0 aliphatic heterocycles. The summed E-state index contributed by atoms with van der Waals surface area (Å²) in [6, 6.07) is 9.73. The number of fused-ring (bicyclic) bond motifs is 1. The van der Waals surface area contributed by atoms with Crippen LogP contribution in [-0.4, -0.2) is 16.8 Å². The van der Waals surface area contributed by atoms with Crippen LogP contribution >= 0.6 is 0 Å². The van der Waals surface area contributed by atoms with Crippen molar-refractivity contribution in [2.24, 2.45) is 23.2 Å². The second-order valence-electron chi connectivity index (χ2n) is 9.39. The van der Waals surface area contributed by atoms with Crippen LogP contribution in [0.1, 0.15) is 50.5 Å². The zero-order valence-corrected chi connectivity index (χ0v) is 16.6. The molecule has 2 amide bonds. The number of amides is 2. The molecule has 0 spiro atoms. The molecule has 6 rings (SSSR count). The molecule has 4 aliphatic rings. The smallest absolute Gasteiger partial charge is 0.262 e. The van der Waals surface area contributed by atoms with Crippen molar-refractivity contribution in [1.82, 2.24) is 15.8 Å². The van der Waals surface area contributed by atoms with Gasteiger partial charge in [0, 0.05) is 29.6 Å². The molecule has 2 N–H and O–H groups in total. The monoisotopic (exact) mass is 389 g/mol. The number of hydrogen-bond donors (Lipinski definition) is 2. The molecule has 5 nitrogen and oxygen atoms in total. The number of pyridine rings is 1. The standard InChI is InChI=1S/C24H27N3O2/c28-21(7-6-20-4-1-3-19-5-2-8-25-23(19)20)26-27-22(29)15-24-12-16-9-17(13-24)11-18(10-16)14-24/h1-8,16-18H,9-15H2,(H,26,28)(H,27,29)/b7-6+. The Morgan fingerprint density at radius 1 is 1.00 bits per heavy atom. The van der Waals surface area contributed by atoms with E-state index in [1.165, 1.54) is 44.6 Å². The van der Waals surface area contributed by atoms with E-state index >= 15 is 0 Å². The molecule has 4 bridgehead atoms. The molecule has 4 aliphatic carbocycles.